The van der Waals surface area contributed by atoms with Crippen LogP contribution in [0.4, 0.5) is 0 Å². The van der Waals surface area contributed by atoms with Gasteiger partial charge in [0, 0.05) is 25.8 Å². The smallest absolute Gasteiger partial charge is 0.256 e. The monoisotopic (exact) mass is 386 g/mol. The van der Waals surface area contributed by atoms with E-state index >= 15 is 0 Å². The van der Waals surface area contributed by atoms with Crippen LogP contribution in [-0.4, -0.2) is 71.3 Å². The first-order valence-corrected chi connectivity index (χ1v) is 8.99. The maximum atomic E-state index is 13.1. The van der Waals surface area contributed by atoms with Gasteiger partial charge in [-0.15, -0.1) is 0 Å². The summed E-state index contributed by atoms with van der Waals surface area (Å²) in [5.41, 5.74) is 1.04. The summed E-state index contributed by atoms with van der Waals surface area (Å²) in [6, 6.07) is 7.57. The van der Waals surface area contributed by atoms with Crippen LogP contribution < -0.4 is 4.74 Å². The number of aliphatic hydroxyl groups excluding tert-OH is 1. The van der Waals surface area contributed by atoms with Crippen molar-refractivity contribution < 1.29 is 29.3 Å². The first kappa shape index (κ1) is 19.8. The molecule has 0 spiro atoms. The zero-order valence-corrected chi connectivity index (χ0v) is 15.3. The van der Waals surface area contributed by atoms with Crippen molar-refractivity contribution in [2.75, 3.05) is 33.0 Å². The average Bonchev–Trinajstić information content (AvgIpc) is 2.72. The number of aromatic hydroxyl groups is 1. The minimum atomic E-state index is -0.370. The molecule has 1 aliphatic rings. The van der Waals surface area contributed by atoms with E-state index in [-0.39, 0.29) is 48.8 Å². The molecule has 0 aliphatic carbocycles. The topological polar surface area (TPSA) is 109 Å². The van der Waals surface area contributed by atoms with Crippen LogP contribution in [0.1, 0.15) is 26.4 Å². The number of morpholine rings is 1. The van der Waals surface area contributed by atoms with E-state index in [9.17, 15) is 19.8 Å². The van der Waals surface area contributed by atoms with Gasteiger partial charge in [-0.3, -0.25) is 14.6 Å². The summed E-state index contributed by atoms with van der Waals surface area (Å²) < 4.78 is 11.2. The van der Waals surface area contributed by atoms with E-state index in [4.69, 9.17) is 9.47 Å². The number of phenols is 1. The van der Waals surface area contributed by atoms with Crippen LogP contribution >= 0.6 is 0 Å². The Labute approximate surface area is 162 Å². The number of benzene rings is 1. The maximum absolute atomic E-state index is 13.1. The van der Waals surface area contributed by atoms with Gasteiger partial charge in [0.1, 0.15) is 18.1 Å². The van der Waals surface area contributed by atoms with Crippen molar-refractivity contribution in [2.24, 2.45) is 0 Å². The molecular weight excluding hydrogens is 364 g/mol. The number of aliphatic hydroxyl groups is 1. The molecule has 1 aromatic carbocycles. The summed E-state index contributed by atoms with van der Waals surface area (Å²) in [5.74, 6) is -0.125. The number of aldehydes is 1. The molecule has 0 radical (unpaired) electrons. The van der Waals surface area contributed by atoms with E-state index in [2.05, 4.69) is 4.98 Å². The van der Waals surface area contributed by atoms with E-state index in [1.807, 2.05) is 0 Å². The van der Waals surface area contributed by atoms with Crippen molar-refractivity contribution in [3.63, 3.8) is 0 Å². The van der Waals surface area contributed by atoms with E-state index in [0.717, 1.165) is 0 Å². The summed E-state index contributed by atoms with van der Waals surface area (Å²) in [5, 5.41) is 19.0. The number of nitrogens with zero attached hydrogens (tertiary/aromatic N) is 2. The lowest BCUT2D eigenvalue weighted by Crippen LogP contribution is -2.51. The third-order valence-corrected chi connectivity index (χ3v) is 4.55. The molecule has 8 heteroatoms. The Bertz CT molecular complexity index is 841. The predicted molar refractivity (Wildman–Crippen MR) is 99.7 cm³/mol. The lowest BCUT2D eigenvalue weighted by atomic mass is 10.1. The number of carbonyl (C=O) groups is 2. The molecule has 1 atom stereocenters. The molecule has 1 aliphatic heterocycles. The molecule has 2 aromatic rings. The lowest BCUT2D eigenvalue weighted by molar-refractivity contribution is -0.0152. The number of ether oxygens (including phenoxy) is 2. The first-order chi connectivity index (χ1) is 13.7. The van der Waals surface area contributed by atoms with Gasteiger partial charge in [0.25, 0.3) is 5.91 Å². The van der Waals surface area contributed by atoms with Gasteiger partial charge in [0.2, 0.25) is 0 Å². The molecule has 8 nitrogen and oxygen atoms in total. The Hall–Kier alpha value is -2.97. The highest BCUT2D eigenvalue weighted by Gasteiger charge is 2.30. The average molecular weight is 386 g/mol. The molecule has 2 N–H and O–H groups in total. The van der Waals surface area contributed by atoms with Crippen LogP contribution in [0.5, 0.6) is 11.5 Å². The van der Waals surface area contributed by atoms with Gasteiger partial charge in [-0.2, -0.15) is 0 Å². The molecule has 148 valence electrons. The number of pyridine rings is 1. The standard InChI is InChI=1S/C20H22N2O6/c23-9-6-17-15(3-2-7-21-17)20(26)22-8-10-27-12-14(22)13-28-19-5-1-4-18(25)16(19)11-24/h1-5,7,11,14,23,25H,6,8-10,12-13H2/t14-/m1/s1. The van der Waals surface area contributed by atoms with Crippen LogP contribution in [-0.2, 0) is 11.2 Å². The highest BCUT2D eigenvalue weighted by atomic mass is 16.5. The van der Waals surface area contributed by atoms with E-state index in [1.54, 1.807) is 35.4 Å². The summed E-state index contributed by atoms with van der Waals surface area (Å²) in [4.78, 5) is 30.1. The highest BCUT2D eigenvalue weighted by Crippen LogP contribution is 2.26. The van der Waals surface area contributed by atoms with Gasteiger partial charge in [-0.25, -0.2) is 0 Å². The third-order valence-electron chi connectivity index (χ3n) is 4.55. The molecule has 1 saturated heterocycles. The number of hydrogen-bond acceptors (Lipinski definition) is 7. The molecule has 2 heterocycles. The van der Waals surface area contributed by atoms with Gasteiger partial charge in [-0.1, -0.05) is 6.07 Å². The summed E-state index contributed by atoms with van der Waals surface area (Å²) in [6.07, 6.45) is 2.41. The number of hydrogen-bond donors (Lipinski definition) is 2. The maximum Gasteiger partial charge on any atom is 0.256 e. The van der Waals surface area contributed by atoms with E-state index in [0.29, 0.717) is 37.1 Å². The van der Waals surface area contributed by atoms with Crippen molar-refractivity contribution in [1.29, 1.82) is 0 Å². The molecule has 1 fully saturated rings. The fraction of sp³-hybridized carbons (Fsp3) is 0.350. The minimum Gasteiger partial charge on any atom is -0.507 e. The predicted octanol–water partition coefficient (Wildman–Crippen LogP) is 1.05. The Morgan fingerprint density at radius 2 is 2.21 bits per heavy atom. The number of aromatic nitrogens is 1. The van der Waals surface area contributed by atoms with Crippen molar-refractivity contribution in [3.8, 4) is 11.5 Å². The van der Waals surface area contributed by atoms with Gasteiger partial charge < -0.3 is 24.6 Å². The first-order valence-electron chi connectivity index (χ1n) is 8.99. The fourth-order valence-electron chi connectivity index (χ4n) is 3.12. The van der Waals surface area contributed by atoms with E-state index in [1.165, 1.54) is 6.07 Å². The molecule has 3 rings (SSSR count). The second-order valence-electron chi connectivity index (χ2n) is 6.32. The van der Waals surface area contributed by atoms with Crippen molar-refractivity contribution in [3.05, 3.63) is 53.3 Å². The van der Waals surface area contributed by atoms with Crippen LogP contribution in [0, 0.1) is 0 Å². The summed E-state index contributed by atoms with van der Waals surface area (Å²) >= 11 is 0. The van der Waals surface area contributed by atoms with Crippen LogP contribution in [0.3, 0.4) is 0 Å². The SMILES string of the molecule is O=Cc1c(O)cccc1OC[C@H]1COCCN1C(=O)c1cccnc1CCO. The number of rotatable bonds is 7. The molecule has 0 bridgehead atoms. The minimum absolute atomic E-state index is 0.0644. The van der Waals surface area contributed by atoms with Gasteiger partial charge in [0.15, 0.2) is 6.29 Å². The van der Waals surface area contributed by atoms with Crippen molar-refractivity contribution in [1.82, 2.24) is 9.88 Å². The Kier molecular flexibility index (Phi) is 6.57. The molecule has 1 amide bonds. The Balaban J connectivity index is 1.77. The molecule has 0 unspecified atom stereocenters. The second kappa shape index (κ2) is 9.29. The largest absolute Gasteiger partial charge is 0.507 e. The zero-order valence-electron chi connectivity index (χ0n) is 15.3. The normalized spacial score (nSPS) is 16.6. The quantitative estimate of drug-likeness (QED) is 0.685. The number of carbonyl (C=O) groups excluding carboxylic acids is 2. The molecule has 28 heavy (non-hydrogen) atoms. The van der Waals surface area contributed by atoms with Gasteiger partial charge >= 0.3 is 0 Å². The second-order valence-corrected chi connectivity index (χ2v) is 6.32. The zero-order chi connectivity index (χ0) is 19.9. The van der Waals surface area contributed by atoms with E-state index < -0.39 is 0 Å². The lowest BCUT2D eigenvalue weighted by Gasteiger charge is -2.35. The van der Waals surface area contributed by atoms with Crippen LogP contribution in [0.25, 0.3) is 0 Å². The van der Waals surface area contributed by atoms with Crippen LogP contribution in [0.2, 0.25) is 0 Å². The third kappa shape index (κ3) is 4.29. The summed E-state index contributed by atoms with van der Waals surface area (Å²) in [7, 11) is 0. The summed E-state index contributed by atoms with van der Waals surface area (Å²) in [6.45, 7) is 1.09. The molecule has 0 saturated carbocycles. The van der Waals surface area contributed by atoms with Gasteiger partial charge in [0.05, 0.1) is 36.1 Å². The Morgan fingerprint density at radius 1 is 1.36 bits per heavy atom. The van der Waals surface area contributed by atoms with Crippen LogP contribution in [0.15, 0.2) is 36.5 Å². The van der Waals surface area contributed by atoms with Crippen molar-refractivity contribution in [2.45, 2.75) is 12.5 Å². The molecule has 1 aromatic heterocycles. The Morgan fingerprint density at radius 3 is 3.00 bits per heavy atom. The van der Waals surface area contributed by atoms with Crippen molar-refractivity contribution >= 4 is 12.2 Å². The number of amides is 1. The number of phenolic OH excluding ortho intramolecular Hbond substituents is 1. The highest BCUT2D eigenvalue weighted by molar-refractivity contribution is 5.95. The van der Waals surface area contributed by atoms with Gasteiger partial charge in [-0.05, 0) is 24.3 Å². The fourth-order valence-corrected chi connectivity index (χ4v) is 3.12. The molecular formula is C20H22N2O6.